The standard InChI is InChI=1S/C8H14ClN3O3S/c9-4-1-2-6-16(13,14)11-5-3-8-10-7-15-12-8/h7,11H,1-6H2. The third-order valence-corrected chi connectivity index (χ3v) is 3.61. The number of sulfonamides is 1. The highest BCUT2D eigenvalue weighted by atomic mass is 35.5. The first kappa shape index (κ1) is 13.4. The lowest BCUT2D eigenvalue weighted by molar-refractivity contribution is 0.410. The molecule has 0 aliphatic rings. The van der Waals surface area contributed by atoms with E-state index in [1.54, 1.807) is 0 Å². The molecule has 0 bridgehead atoms. The lowest BCUT2D eigenvalue weighted by atomic mass is 10.4. The Bertz CT molecular complexity index is 379. The molecule has 6 nitrogen and oxygen atoms in total. The van der Waals surface area contributed by atoms with Crippen LogP contribution in [0.25, 0.3) is 0 Å². The topological polar surface area (TPSA) is 85.1 Å². The molecule has 0 fully saturated rings. The molecular formula is C8H14ClN3O3S. The molecule has 0 unspecified atom stereocenters. The lowest BCUT2D eigenvalue weighted by Crippen LogP contribution is -2.28. The van der Waals surface area contributed by atoms with Crippen molar-refractivity contribution in [2.24, 2.45) is 0 Å². The van der Waals surface area contributed by atoms with Gasteiger partial charge in [0.05, 0.1) is 5.75 Å². The molecular weight excluding hydrogens is 254 g/mol. The van der Waals surface area contributed by atoms with Crippen LogP contribution in [0.5, 0.6) is 0 Å². The number of alkyl halides is 1. The van der Waals surface area contributed by atoms with Gasteiger partial charge in [0.25, 0.3) is 0 Å². The summed E-state index contributed by atoms with van der Waals surface area (Å²) in [4.78, 5) is 3.78. The highest BCUT2D eigenvalue weighted by Crippen LogP contribution is 1.97. The van der Waals surface area contributed by atoms with Crippen molar-refractivity contribution in [3.63, 3.8) is 0 Å². The first-order valence-corrected chi connectivity index (χ1v) is 7.11. The SMILES string of the molecule is O=S(=O)(CCCCCl)NCCc1ncon1. The first-order chi connectivity index (χ1) is 7.64. The van der Waals surface area contributed by atoms with Gasteiger partial charge in [-0.1, -0.05) is 5.16 Å². The second-order valence-electron chi connectivity index (χ2n) is 3.21. The number of aromatic nitrogens is 2. The molecule has 0 saturated heterocycles. The van der Waals surface area contributed by atoms with E-state index in [2.05, 4.69) is 19.4 Å². The smallest absolute Gasteiger partial charge is 0.213 e. The Balaban J connectivity index is 2.20. The van der Waals surface area contributed by atoms with Crippen molar-refractivity contribution in [3.05, 3.63) is 12.2 Å². The van der Waals surface area contributed by atoms with Crippen LogP contribution < -0.4 is 4.72 Å². The van der Waals surface area contributed by atoms with Gasteiger partial charge >= 0.3 is 0 Å². The molecule has 92 valence electrons. The number of hydrogen-bond donors (Lipinski definition) is 1. The highest BCUT2D eigenvalue weighted by Gasteiger charge is 2.09. The van der Waals surface area contributed by atoms with Gasteiger partial charge in [-0.05, 0) is 12.8 Å². The molecule has 0 radical (unpaired) electrons. The van der Waals surface area contributed by atoms with Crippen molar-refractivity contribution in [3.8, 4) is 0 Å². The Morgan fingerprint density at radius 1 is 1.44 bits per heavy atom. The van der Waals surface area contributed by atoms with Gasteiger partial charge in [-0.25, -0.2) is 13.1 Å². The van der Waals surface area contributed by atoms with Crippen molar-refractivity contribution in [2.45, 2.75) is 19.3 Å². The van der Waals surface area contributed by atoms with E-state index in [0.717, 1.165) is 0 Å². The van der Waals surface area contributed by atoms with Gasteiger partial charge < -0.3 is 4.52 Å². The summed E-state index contributed by atoms with van der Waals surface area (Å²) >= 11 is 5.46. The minimum atomic E-state index is -3.20. The van der Waals surface area contributed by atoms with Crippen LogP contribution in [0.4, 0.5) is 0 Å². The molecule has 0 aliphatic carbocycles. The summed E-state index contributed by atoms with van der Waals surface area (Å²) in [6.45, 7) is 0.280. The van der Waals surface area contributed by atoms with Gasteiger partial charge in [0.15, 0.2) is 5.82 Å². The van der Waals surface area contributed by atoms with Crippen molar-refractivity contribution < 1.29 is 12.9 Å². The Kier molecular flexibility index (Phi) is 5.72. The lowest BCUT2D eigenvalue weighted by Gasteiger charge is -2.04. The van der Waals surface area contributed by atoms with E-state index in [9.17, 15) is 8.42 Å². The average molecular weight is 268 g/mol. The minimum Gasteiger partial charge on any atom is -0.343 e. The van der Waals surface area contributed by atoms with Crippen molar-refractivity contribution >= 4 is 21.6 Å². The molecule has 0 aliphatic heterocycles. The van der Waals surface area contributed by atoms with Crippen LogP contribution in [-0.2, 0) is 16.4 Å². The quantitative estimate of drug-likeness (QED) is 0.549. The number of rotatable bonds is 8. The van der Waals surface area contributed by atoms with Crippen LogP contribution in [0.3, 0.4) is 0 Å². The summed E-state index contributed by atoms with van der Waals surface area (Å²) in [5.74, 6) is 1.08. The largest absolute Gasteiger partial charge is 0.343 e. The Labute approximate surface area is 99.4 Å². The number of hydrogen-bond acceptors (Lipinski definition) is 5. The average Bonchev–Trinajstić information content (AvgIpc) is 2.70. The van der Waals surface area contributed by atoms with Crippen LogP contribution >= 0.6 is 11.6 Å². The van der Waals surface area contributed by atoms with Gasteiger partial charge in [-0.15, -0.1) is 11.6 Å². The van der Waals surface area contributed by atoms with Gasteiger partial charge in [0, 0.05) is 18.8 Å². The summed E-state index contributed by atoms with van der Waals surface area (Å²) in [7, 11) is -3.20. The molecule has 0 saturated carbocycles. The fourth-order valence-electron chi connectivity index (χ4n) is 1.08. The van der Waals surface area contributed by atoms with E-state index in [1.807, 2.05) is 0 Å². The highest BCUT2D eigenvalue weighted by molar-refractivity contribution is 7.89. The monoisotopic (exact) mass is 267 g/mol. The summed E-state index contributed by atoms with van der Waals surface area (Å²) in [5, 5.41) is 3.57. The van der Waals surface area contributed by atoms with E-state index < -0.39 is 10.0 Å². The van der Waals surface area contributed by atoms with E-state index in [4.69, 9.17) is 11.6 Å². The first-order valence-electron chi connectivity index (χ1n) is 4.92. The number of nitrogens with zero attached hydrogens (tertiary/aromatic N) is 2. The summed E-state index contributed by atoms with van der Waals surface area (Å²) in [5.41, 5.74) is 0. The molecule has 0 aromatic carbocycles. The van der Waals surface area contributed by atoms with Crippen molar-refractivity contribution in [2.75, 3.05) is 18.2 Å². The van der Waals surface area contributed by atoms with E-state index in [0.29, 0.717) is 31.0 Å². The number of nitrogens with one attached hydrogen (secondary N) is 1. The van der Waals surface area contributed by atoms with Crippen LogP contribution in [0.2, 0.25) is 0 Å². The maximum Gasteiger partial charge on any atom is 0.213 e. The molecule has 0 spiro atoms. The van der Waals surface area contributed by atoms with E-state index in [-0.39, 0.29) is 12.3 Å². The molecule has 1 N–H and O–H groups in total. The summed E-state index contributed by atoms with van der Waals surface area (Å²) < 4.78 is 29.8. The van der Waals surface area contributed by atoms with Crippen molar-refractivity contribution in [1.82, 2.24) is 14.9 Å². The molecule has 8 heteroatoms. The van der Waals surface area contributed by atoms with Crippen LogP contribution in [0, 0.1) is 0 Å². The fourth-order valence-corrected chi connectivity index (χ4v) is 2.41. The predicted octanol–water partition coefficient (Wildman–Crippen LogP) is 0.550. The zero-order chi connectivity index (χ0) is 11.9. The zero-order valence-electron chi connectivity index (χ0n) is 8.73. The second kappa shape index (κ2) is 6.82. The van der Waals surface area contributed by atoms with Gasteiger partial charge in [-0.3, -0.25) is 0 Å². The molecule has 0 amide bonds. The second-order valence-corrected chi connectivity index (χ2v) is 5.51. The van der Waals surface area contributed by atoms with Gasteiger partial charge in [-0.2, -0.15) is 4.98 Å². The Morgan fingerprint density at radius 2 is 2.25 bits per heavy atom. The molecule has 1 aromatic rings. The minimum absolute atomic E-state index is 0.103. The number of halogens is 1. The van der Waals surface area contributed by atoms with E-state index in [1.165, 1.54) is 6.39 Å². The molecule has 1 aromatic heterocycles. The maximum absolute atomic E-state index is 11.4. The predicted molar refractivity (Wildman–Crippen MR) is 59.7 cm³/mol. The van der Waals surface area contributed by atoms with E-state index >= 15 is 0 Å². The molecule has 1 heterocycles. The van der Waals surface area contributed by atoms with Gasteiger partial charge in [0.1, 0.15) is 0 Å². The zero-order valence-corrected chi connectivity index (χ0v) is 10.3. The normalized spacial score (nSPS) is 11.8. The Morgan fingerprint density at radius 3 is 2.88 bits per heavy atom. The fraction of sp³-hybridized carbons (Fsp3) is 0.750. The van der Waals surface area contributed by atoms with Gasteiger partial charge in [0.2, 0.25) is 16.4 Å². The summed E-state index contributed by atoms with van der Waals surface area (Å²) in [6, 6.07) is 0. The Hall–Kier alpha value is -0.660. The third kappa shape index (κ3) is 5.43. The molecule has 16 heavy (non-hydrogen) atoms. The van der Waals surface area contributed by atoms with Crippen LogP contribution in [-0.4, -0.2) is 36.7 Å². The third-order valence-electron chi connectivity index (χ3n) is 1.87. The van der Waals surface area contributed by atoms with Crippen LogP contribution in [0.15, 0.2) is 10.9 Å². The maximum atomic E-state index is 11.4. The van der Waals surface area contributed by atoms with Crippen LogP contribution in [0.1, 0.15) is 18.7 Å². The molecule has 0 atom stereocenters. The van der Waals surface area contributed by atoms with Crippen molar-refractivity contribution in [1.29, 1.82) is 0 Å². The number of unbranched alkanes of at least 4 members (excludes halogenated alkanes) is 1. The molecule has 1 rings (SSSR count). The summed E-state index contributed by atoms with van der Waals surface area (Å²) in [6.07, 6.45) is 2.91.